The van der Waals surface area contributed by atoms with E-state index in [4.69, 9.17) is 4.74 Å². The number of rotatable bonds is 3. The Kier molecular flexibility index (Phi) is 3.59. The smallest absolute Gasteiger partial charge is 0.348 e. The van der Waals surface area contributed by atoms with Gasteiger partial charge in [0.05, 0.1) is 13.3 Å². The molecule has 2 aromatic rings. The molecule has 0 saturated carbocycles. The molecule has 4 nitrogen and oxygen atoms in total. The maximum Gasteiger partial charge on any atom is 0.348 e. The van der Waals surface area contributed by atoms with Gasteiger partial charge in [-0.3, -0.25) is 5.10 Å². The highest BCUT2D eigenvalue weighted by Crippen LogP contribution is 2.33. The highest BCUT2D eigenvalue weighted by Gasteiger charge is 2.15. The fourth-order valence-corrected chi connectivity index (χ4v) is 3.20. The van der Waals surface area contributed by atoms with Gasteiger partial charge in [0.1, 0.15) is 4.88 Å². The van der Waals surface area contributed by atoms with Crippen molar-refractivity contribution in [2.24, 2.45) is 0 Å². The third kappa shape index (κ3) is 2.12. The van der Waals surface area contributed by atoms with E-state index in [2.05, 4.69) is 32.8 Å². The van der Waals surface area contributed by atoms with Crippen LogP contribution in [0.2, 0.25) is 0 Å². The number of aromatic amines is 1. The van der Waals surface area contributed by atoms with Crippen LogP contribution >= 0.6 is 33.9 Å². The quantitative estimate of drug-likeness (QED) is 0.527. The van der Waals surface area contributed by atoms with Crippen LogP contribution in [0.4, 0.5) is 0 Å². The molecule has 0 radical (unpaired) electrons. The van der Waals surface area contributed by atoms with E-state index in [0.29, 0.717) is 4.88 Å². The molecule has 1 N–H and O–H groups in total. The number of thiophene rings is 1. The fraction of sp³-hybridized carbons (Fsp3) is 0.200. The second kappa shape index (κ2) is 4.96. The van der Waals surface area contributed by atoms with Crippen LogP contribution in [0, 0.1) is 0 Å². The number of esters is 1. The fourth-order valence-electron chi connectivity index (χ4n) is 1.37. The number of nitrogens with one attached hydrogen (secondary N) is 1. The first kappa shape index (κ1) is 11.6. The molecule has 16 heavy (non-hydrogen) atoms. The minimum Gasteiger partial charge on any atom is -0.465 e. The molecule has 6 heteroatoms. The Labute approximate surface area is 110 Å². The number of halogens is 1. The minimum atomic E-state index is -0.286. The van der Waals surface area contributed by atoms with E-state index in [0.717, 1.165) is 20.4 Å². The molecule has 2 rings (SSSR count). The lowest BCUT2D eigenvalue weighted by Gasteiger charge is -1.94. The zero-order valence-corrected chi connectivity index (χ0v) is 11.5. The minimum absolute atomic E-state index is 0.286. The van der Waals surface area contributed by atoms with Gasteiger partial charge in [0.25, 0.3) is 0 Å². The van der Waals surface area contributed by atoms with Crippen LogP contribution in [0.1, 0.15) is 14.5 Å². The topological polar surface area (TPSA) is 55.0 Å². The molecule has 0 aliphatic heterocycles. The van der Waals surface area contributed by atoms with Gasteiger partial charge in [-0.15, -0.1) is 11.3 Å². The predicted octanol–water partition coefficient (Wildman–Crippen LogP) is 2.86. The summed E-state index contributed by atoms with van der Waals surface area (Å²) in [6.45, 7) is 0. The van der Waals surface area contributed by atoms with Crippen LogP contribution in [0.15, 0.2) is 18.5 Å². The van der Waals surface area contributed by atoms with Crippen LogP contribution < -0.4 is 0 Å². The third-order valence-corrected chi connectivity index (χ3v) is 4.52. The van der Waals surface area contributed by atoms with Gasteiger partial charge in [-0.25, -0.2) is 4.79 Å². The molecule has 0 amide bonds. The van der Waals surface area contributed by atoms with Crippen LogP contribution in [0.25, 0.3) is 11.1 Å². The predicted molar refractivity (Wildman–Crippen MR) is 71.0 cm³/mol. The number of methoxy groups -OCH3 is 1. The molecule has 84 valence electrons. The van der Waals surface area contributed by atoms with Gasteiger partial charge in [0.15, 0.2) is 0 Å². The molecule has 0 unspecified atom stereocenters. The summed E-state index contributed by atoms with van der Waals surface area (Å²) < 4.78 is 5.57. The van der Waals surface area contributed by atoms with Crippen molar-refractivity contribution in [1.82, 2.24) is 10.2 Å². The Morgan fingerprint density at radius 3 is 3.06 bits per heavy atom. The largest absolute Gasteiger partial charge is 0.465 e. The first-order valence-corrected chi connectivity index (χ1v) is 6.86. The summed E-state index contributed by atoms with van der Waals surface area (Å²) in [5.74, 6) is -0.286. The highest BCUT2D eigenvalue weighted by molar-refractivity contribution is 14.1. The summed E-state index contributed by atoms with van der Waals surface area (Å²) in [6.07, 6.45) is 3.57. The van der Waals surface area contributed by atoms with Crippen LogP contribution in [-0.2, 0) is 9.16 Å². The summed E-state index contributed by atoms with van der Waals surface area (Å²) in [5, 5.41) is 6.68. The maximum atomic E-state index is 11.4. The number of carbonyl (C=O) groups excluding carboxylic acids is 1. The summed E-state index contributed by atoms with van der Waals surface area (Å²) >= 11 is 3.75. The summed E-state index contributed by atoms with van der Waals surface area (Å²) in [7, 11) is 1.39. The number of H-pyrrole nitrogens is 1. The Bertz CT molecular complexity index is 493. The molecule has 0 aromatic carbocycles. The molecule has 0 spiro atoms. The molecule has 0 atom stereocenters. The molecule has 2 heterocycles. The van der Waals surface area contributed by atoms with E-state index in [-0.39, 0.29) is 5.97 Å². The van der Waals surface area contributed by atoms with Crippen molar-refractivity contribution in [2.45, 2.75) is 4.43 Å². The van der Waals surface area contributed by atoms with E-state index in [1.54, 1.807) is 6.20 Å². The van der Waals surface area contributed by atoms with Crippen molar-refractivity contribution in [2.75, 3.05) is 7.11 Å². The average molecular weight is 348 g/mol. The van der Waals surface area contributed by atoms with Gasteiger partial charge in [0, 0.05) is 26.6 Å². The van der Waals surface area contributed by atoms with Crippen LogP contribution in [0.5, 0.6) is 0 Å². The Balaban J connectivity index is 2.45. The zero-order valence-electron chi connectivity index (χ0n) is 8.49. The van der Waals surface area contributed by atoms with E-state index in [1.165, 1.54) is 18.4 Å². The van der Waals surface area contributed by atoms with Crippen molar-refractivity contribution < 1.29 is 9.53 Å². The van der Waals surface area contributed by atoms with E-state index >= 15 is 0 Å². The molecule has 2 aromatic heterocycles. The summed E-state index contributed by atoms with van der Waals surface area (Å²) in [5.41, 5.74) is 2.05. The standard InChI is InChI=1S/C10H9IN2O2S/c1-15-10(14)8-2-7(9(3-11)16-8)6-4-12-13-5-6/h2,4-5H,3H2,1H3,(H,12,13). The van der Waals surface area contributed by atoms with Gasteiger partial charge in [0.2, 0.25) is 0 Å². The molecule has 0 fully saturated rings. The second-order valence-corrected chi connectivity index (χ2v) is 4.96. The molecule has 0 saturated heterocycles. The number of nitrogens with zero attached hydrogens (tertiary/aromatic N) is 1. The number of ether oxygens (including phenoxy) is 1. The number of alkyl halides is 1. The summed E-state index contributed by atoms with van der Waals surface area (Å²) in [4.78, 5) is 13.2. The van der Waals surface area contributed by atoms with Gasteiger partial charge in [-0.05, 0) is 6.07 Å². The average Bonchev–Trinajstić information content (AvgIpc) is 2.95. The van der Waals surface area contributed by atoms with Crippen molar-refractivity contribution >= 4 is 39.9 Å². The van der Waals surface area contributed by atoms with Gasteiger partial charge in [-0.2, -0.15) is 5.10 Å². The van der Waals surface area contributed by atoms with Crippen LogP contribution in [-0.4, -0.2) is 23.3 Å². The molecule has 0 aliphatic rings. The first-order valence-electron chi connectivity index (χ1n) is 4.52. The number of hydrogen-bond donors (Lipinski definition) is 1. The molecule has 0 bridgehead atoms. The van der Waals surface area contributed by atoms with Crippen molar-refractivity contribution in [3.63, 3.8) is 0 Å². The molecular formula is C10H9IN2O2S. The number of hydrogen-bond acceptors (Lipinski definition) is 4. The first-order chi connectivity index (χ1) is 7.76. The second-order valence-electron chi connectivity index (χ2n) is 3.06. The lowest BCUT2D eigenvalue weighted by Crippen LogP contribution is -1.96. The van der Waals surface area contributed by atoms with Crippen molar-refractivity contribution in [1.29, 1.82) is 0 Å². The van der Waals surface area contributed by atoms with Crippen molar-refractivity contribution in [3.8, 4) is 11.1 Å². The summed E-state index contributed by atoms with van der Waals surface area (Å²) in [6, 6.07) is 1.86. The van der Waals surface area contributed by atoms with E-state index in [9.17, 15) is 4.79 Å². The van der Waals surface area contributed by atoms with Gasteiger partial charge >= 0.3 is 5.97 Å². The molecule has 0 aliphatic carbocycles. The lowest BCUT2D eigenvalue weighted by molar-refractivity contribution is 0.0606. The number of aromatic nitrogens is 2. The Morgan fingerprint density at radius 2 is 2.50 bits per heavy atom. The number of carbonyl (C=O) groups is 1. The third-order valence-electron chi connectivity index (χ3n) is 2.13. The zero-order chi connectivity index (χ0) is 11.5. The Morgan fingerprint density at radius 1 is 1.69 bits per heavy atom. The monoisotopic (exact) mass is 348 g/mol. The maximum absolute atomic E-state index is 11.4. The Hall–Kier alpha value is -0.890. The SMILES string of the molecule is COC(=O)c1cc(-c2cn[nH]c2)c(CI)s1. The van der Waals surface area contributed by atoms with E-state index in [1.807, 2.05) is 12.3 Å². The van der Waals surface area contributed by atoms with Crippen molar-refractivity contribution in [3.05, 3.63) is 28.2 Å². The lowest BCUT2D eigenvalue weighted by atomic mass is 10.1. The van der Waals surface area contributed by atoms with Gasteiger partial charge in [-0.1, -0.05) is 22.6 Å². The van der Waals surface area contributed by atoms with E-state index < -0.39 is 0 Å². The highest BCUT2D eigenvalue weighted by atomic mass is 127. The van der Waals surface area contributed by atoms with Gasteiger partial charge < -0.3 is 4.74 Å². The molecular weight excluding hydrogens is 339 g/mol. The van der Waals surface area contributed by atoms with Crippen LogP contribution in [0.3, 0.4) is 0 Å². The normalized spacial score (nSPS) is 10.4.